The van der Waals surface area contributed by atoms with Crippen LogP contribution in [0.2, 0.25) is 0 Å². The number of amides is 1. The molecule has 0 aliphatic rings. The van der Waals surface area contributed by atoms with Crippen LogP contribution in [0.3, 0.4) is 0 Å². The number of aliphatic imine (C=N–C) groups is 1. The van der Waals surface area contributed by atoms with Crippen LogP contribution in [0.25, 0.3) is 10.9 Å². The molecule has 7 heteroatoms. The summed E-state index contributed by atoms with van der Waals surface area (Å²) in [5.74, 6) is 0.374. The number of aromatic nitrogens is 1. The Balaban J connectivity index is 1.37. The van der Waals surface area contributed by atoms with Gasteiger partial charge < -0.3 is 20.9 Å². The average Bonchev–Trinajstić information content (AvgIpc) is 3.14. The summed E-state index contributed by atoms with van der Waals surface area (Å²) in [5.41, 5.74) is 3.04. The second-order valence-corrected chi connectivity index (χ2v) is 6.69. The van der Waals surface area contributed by atoms with Crippen molar-refractivity contribution in [3.05, 3.63) is 71.7 Å². The van der Waals surface area contributed by atoms with E-state index in [1.807, 2.05) is 36.5 Å². The van der Waals surface area contributed by atoms with Crippen LogP contribution in [-0.4, -0.2) is 37.0 Å². The molecule has 0 bridgehead atoms. The van der Waals surface area contributed by atoms with Gasteiger partial charge in [0.05, 0.1) is 0 Å². The Labute approximate surface area is 169 Å². The molecule has 0 spiro atoms. The summed E-state index contributed by atoms with van der Waals surface area (Å²) in [6, 6.07) is 14.5. The van der Waals surface area contributed by atoms with Crippen LogP contribution >= 0.6 is 0 Å². The van der Waals surface area contributed by atoms with Crippen molar-refractivity contribution in [1.29, 1.82) is 0 Å². The Morgan fingerprint density at radius 3 is 2.66 bits per heavy atom. The maximum Gasteiger partial charge on any atom is 0.222 e. The Bertz CT molecular complexity index is 968. The fourth-order valence-corrected chi connectivity index (χ4v) is 3.07. The minimum atomic E-state index is -0.241. The lowest BCUT2D eigenvalue weighted by atomic mass is 10.1. The van der Waals surface area contributed by atoms with Crippen LogP contribution in [0.1, 0.15) is 17.5 Å². The van der Waals surface area contributed by atoms with E-state index in [1.165, 1.54) is 6.07 Å². The SMILES string of the molecule is CN=C(NCCC(=O)NCc1ccccc1)NCCc1c[nH]c2ccc(F)cc12. The van der Waals surface area contributed by atoms with Crippen LogP contribution in [0.15, 0.2) is 59.7 Å². The molecule has 0 aliphatic carbocycles. The summed E-state index contributed by atoms with van der Waals surface area (Å²) in [6.45, 7) is 1.65. The van der Waals surface area contributed by atoms with Gasteiger partial charge in [0.2, 0.25) is 5.91 Å². The summed E-state index contributed by atoms with van der Waals surface area (Å²) < 4.78 is 13.5. The van der Waals surface area contributed by atoms with Gasteiger partial charge in [0, 0.05) is 50.2 Å². The molecule has 4 N–H and O–H groups in total. The number of nitrogens with one attached hydrogen (secondary N) is 4. The summed E-state index contributed by atoms with van der Waals surface area (Å²) in [4.78, 5) is 19.3. The van der Waals surface area contributed by atoms with Crippen LogP contribution in [0.5, 0.6) is 0 Å². The fraction of sp³-hybridized carbons (Fsp3) is 0.273. The zero-order chi connectivity index (χ0) is 20.5. The Kier molecular flexibility index (Phi) is 7.22. The third kappa shape index (κ3) is 6.07. The minimum Gasteiger partial charge on any atom is -0.361 e. The molecule has 2 aromatic carbocycles. The number of fused-ring (bicyclic) bond motifs is 1. The van der Waals surface area contributed by atoms with Gasteiger partial charge in [0.1, 0.15) is 5.82 Å². The molecule has 3 aromatic rings. The first kappa shape index (κ1) is 20.4. The second-order valence-electron chi connectivity index (χ2n) is 6.69. The van der Waals surface area contributed by atoms with E-state index in [0.717, 1.165) is 28.5 Å². The molecule has 0 unspecified atom stereocenters. The monoisotopic (exact) mass is 395 g/mol. The maximum absolute atomic E-state index is 13.5. The molecule has 152 valence electrons. The molecule has 1 heterocycles. The van der Waals surface area contributed by atoms with Gasteiger partial charge in [0.15, 0.2) is 5.96 Å². The molecule has 0 aliphatic heterocycles. The smallest absolute Gasteiger partial charge is 0.222 e. The van der Waals surface area contributed by atoms with E-state index in [9.17, 15) is 9.18 Å². The highest BCUT2D eigenvalue weighted by molar-refractivity contribution is 5.84. The van der Waals surface area contributed by atoms with Crippen molar-refractivity contribution >= 4 is 22.8 Å². The van der Waals surface area contributed by atoms with Crippen molar-refractivity contribution < 1.29 is 9.18 Å². The Morgan fingerprint density at radius 2 is 1.86 bits per heavy atom. The van der Waals surface area contributed by atoms with Crippen molar-refractivity contribution in [1.82, 2.24) is 20.9 Å². The van der Waals surface area contributed by atoms with Gasteiger partial charge >= 0.3 is 0 Å². The number of hydrogen-bond acceptors (Lipinski definition) is 2. The predicted molar refractivity (Wildman–Crippen MR) is 114 cm³/mol. The highest BCUT2D eigenvalue weighted by Gasteiger charge is 2.06. The zero-order valence-corrected chi connectivity index (χ0v) is 16.5. The molecule has 29 heavy (non-hydrogen) atoms. The van der Waals surface area contributed by atoms with Crippen LogP contribution in [-0.2, 0) is 17.8 Å². The number of benzene rings is 2. The molecule has 1 amide bonds. The molecule has 6 nitrogen and oxygen atoms in total. The van der Waals surface area contributed by atoms with Crippen LogP contribution < -0.4 is 16.0 Å². The van der Waals surface area contributed by atoms with Crippen molar-refractivity contribution in [3.63, 3.8) is 0 Å². The molecule has 1 aromatic heterocycles. The Morgan fingerprint density at radius 1 is 1.07 bits per heavy atom. The number of aromatic amines is 1. The summed E-state index contributed by atoms with van der Waals surface area (Å²) in [7, 11) is 1.69. The van der Waals surface area contributed by atoms with E-state index in [0.29, 0.717) is 32.0 Å². The van der Waals surface area contributed by atoms with Gasteiger partial charge in [-0.05, 0) is 35.7 Å². The lowest BCUT2D eigenvalue weighted by Gasteiger charge is -2.12. The van der Waals surface area contributed by atoms with E-state index in [2.05, 4.69) is 25.9 Å². The lowest BCUT2D eigenvalue weighted by Crippen LogP contribution is -2.40. The highest BCUT2D eigenvalue weighted by atomic mass is 19.1. The van der Waals surface area contributed by atoms with Crippen LogP contribution in [0.4, 0.5) is 4.39 Å². The molecular weight excluding hydrogens is 369 g/mol. The third-order valence-corrected chi connectivity index (χ3v) is 4.62. The number of halogens is 1. The van der Waals surface area contributed by atoms with E-state index in [4.69, 9.17) is 0 Å². The first-order chi connectivity index (χ1) is 14.2. The van der Waals surface area contributed by atoms with E-state index < -0.39 is 0 Å². The summed E-state index contributed by atoms with van der Waals surface area (Å²) >= 11 is 0. The normalized spacial score (nSPS) is 11.4. The lowest BCUT2D eigenvalue weighted by molar-refractivity contribution is -0.121. The number of hydrogen-bond donors (Lipinski definition) is 4. The number of carbonyl (C=O) groups is 1. The molecular formula is C22H26FN5O. The quantitative estimate of drug-likeness (QED) is 0.350. The fourth-order valence-electron chi connectivity index (χ4n) is 3.07. The van der Waals surface area contributed by atoms with Crippen molar-refractivity contribution in [2.75, 3.05) is 20.1 Å². The number of rotatable bonds is 8. The Hall–Kier alpha value is -3.35. The summed E-state index contributed by atoms with van der Waals surface area (Å²) in [5, 5.41) is 10.1. The van der Waals surface area contributed by atoms with Gasteiger partial charge in [0.25, 0.3) is 0 Å². The largest absolute Gasteiger partial charge is 0.361 e. The predicted octanol–water partition coefficient (Wildman–Crippen LogP) is 2.72. The van der Waals surface area contributed by atoms with E-state index in [-0.39, 0.29) is 11.7 Å². The molecule has 0 fully saturated rings. The van der Waals surface area contributed by atoms with Gasteiger partial charge in [-0.25, -0.2) is 4.39 Å². The van der Waals surface area contributed by atoms with Crippen molar-refractivity contribution in [2.45, 2.75) is 19.4 Å². The average molecular weight is 395 g/mol. The third-order valence-electron chi connectivity index (χ3n) is 4.62. The summed E-state index contributed by atoms with van der Waals surface area (Å²) in [6.07, 6.45) is 2.98. The highest BCUT2D eigenvalue weighted by Crippen LogP contribution is 2.19. The molecule has 3 rings (SSSR count). The van der Waals surface area contributed by atoms with Gasteiger partial charge in [-0.15, -0.1) is 0 Å². The maximum atomic E-state index is 13.5. The number of H-pyrrole nitrogens is 1. The van der Waals surface area contributed by atoms with Crippen molar-refractivity contribution in [2.24, 2.45) is 4.99 Å². The van der Waals surface area contributed by atoms with Gasteiger partial charge in [-0.2, -0.15) is 0 Å². The standard InChI is InChI=1S/C22H26FN5O/c1-24-22(26-12-10-21(29)28-14-16-5-3-2-4-6-16)25-11-9-17-15-27-20-8-7-18(23)13-19(17)20/h2-8,13,15,27H,9-12,14H2,1H3,(H,28,29)(H2,24,25,26). The number of nitrogens with zero attached hydrogens (tertiary/aromatic N) is 1. The topological polar surface area (TPSA) is 81.3 Å². The first-order valence-electron chi connectivity index (χ1n) is 9.66. The van der Waals surface area contributed by atoms with E-state index >= 15 is 0 Å². The number of guanidine groups is 1. The molecule has 0 saturated heterocycles. The van der Waals surface area contributed by atoms with Crippen molar-refractivity contribution in [3.8, 4) is 0 Å². The molecule has 0 saturated carbocycles. The second kappa shape index (κ2) is 10.3. The molecule has 0 atom stereocenters. The van der Waals surface area contributed by atoms with Gasteiger partial charge in [-0.1, -0.05) is 30.3 Å². The molecule has 0 radical (unpaired) electrons. The van der Waals surface area contributed by atoms with E-state index in [1.54, 1.807) is 19.2 Å². The van der Waals surface area contributed by atoms with Gasteiger partial charge in [-0.3, -0.25) is 9.79 Å². The van der Waals surface area contributed by atoms with Crippen LogP contribution in [0, 0.1) is 5.82 Å². The number of carbonyl (C=O) groups excluding carboxylic acids is 1. The minimum absolute atomic E-state index is 0.0161. The first-order valence-corrected chi connectivity index (χ1v) is 9.66. The zero-order valence-electron chi connectivity index (χ0n) is 16.5.